The molecule has 8 heteroatoms. The van der Waals surface area contributed by atoms with E-state index in [4.69, 9.17) is 0 Å². The number of rotatable bonds is 12. The van der Waals surface area contributed by atoms with E-state index in [9.17, 15) is 9.59 Å². The molecule has 0 aliphatic heterocycles. The van der Waals surface area contributed by atoms with E-state index in [0.29, 0.717) is 16.8 Å². The highest BCUT2D eigenvalue weighted by molar-refractivity contribution is 14.1. The van der Waals surface area contributed by atoms with Crippen molar-refractivity contribution < 1.29 is 9.59 Å². The number of nitrogens with one attached hydrogen (secondary N) is 2. The number of nitrogens with zero attached hydrogens (tertiary/aromatic N) is 3. The van der Waals surface area contributed by atoms with E-state index in [2.05, 4.69) is 69.1 Å². The lowest BCUT2D eigenvalue weighted by Gasteiger charge is -2.23. The molecule has 0 atom stereocenters. The van der Waals surface area contributed by atoms with Gasteiger partial charge in [-0.1, -0.05) is 44.2 Å². The van der Waals surface area contributed by atoms with Crippen LogP contribution in [0.5, 0.6) is 0 Å². The maximum Gasteiger partial charge on any atom is 0.273 e. The molecule has 0 aliphatic carbocycles. The second-order valence-electron chi connectivity index (χ2n) is 9.65. The molecule has 0 saturated heterocycles. The summed E-state index contributed by atoms with van der Waals surface area (Å²) in [7, 11) is 2.09. The van der Waals surface area contributed by atoms with Gasteiger partial charge in [0.2, 0.25) is 0 Å². The van der Waals surface area contributed by atoms with Crippen LogP contribution in [0.4, 0.5) is 5.69 Å². The van der Waals surface area contributed by atoms with Crippen LogP contribution in [0.25, 0.3) is 0 Å². The molecule has 3 aromatic carbocycles. The van der Waals surface area contributed by atoms with Crippen LogP contribution in [0.1, 0.15) is 56.8 Å². The molecule has 0 heterocycles. The van der Waals surface area contributed by atoms with Crippen LogP contribution in [-0.4, -0.2) is 61.1 Å². The molecule has 0 aromatic heterocycles. The third-order valence-electron chi connectivity index (χ3n) is 6.72. The lowest BCUT2D eigenvalue weighted by atomic mass is 10.1. The molecule has 2 amide bonds. The molecule has 0 spiro atoms. The molecule has 3 aromatic rings. The van der Waals surface area contributed by atoms with E-state index in [-0.39, 0.29) is 5.91 Å². The van der Waals surface area contributed by atoms with Crippen molar-refractivity contribution in [1.29, 1.82) is 0 Å². The van der Waals surface area contributed by atoms with E-state index in [0.717, 1.165) is 53.0 Å². The van der Waals surface area contributed by atoms with Crippen molar-refractivity contribution in [2.75, 3.05) is 38.5 Å². The highest BCUT2D eigenvalue weighted by atomic mass is 127. The first-order chi connectivity index (χ1) is 18.7. The number of amides is 2. The molecular weight excluding hydrogens is 601 g/mol. The number of aryl methyl sites for hydroxylation is 2. The van der Waals surface area contributed by atoms with E-state index < -0.39 is 5.91 Å². The minimum Gasteiger partial charge on any atom is -0.321 e. The number of benzene rings is 3. The molecule has 39 heavy (non-hydrogen) atoms. The zero-order valence-electron chi connectivity index (χ0n) is 23.4. The summed E-state index contributed by atoms with van der Waals surface area (Å²) in [4.78, 5) is 30.8. The van der Waals surface area contributed by atoms with Gasteiger partial charge < -0.3 is 15.1 Å². The molecule has 206 valence electrons. The van der Waals surface area contributed by atoms with Gasteiger partial charge in [0.25, 0.3) is 11.8 Å². The van der Waals surface area contributed by atoms with Crippen molar-refractivity contribution in [3.63, 3.8) is 0 Å². The zero-order chi connectivity index (χ0) is 28.4. The van der Waals surface area contributed by atoms with Crippen LogP contribution < -0.4 is 10.7 Å². The lowest BCUT2D eigenvalue weighted by Crippen LogP contribution is -2.32. The van der Waals surface area contributed by atoms with E-state index in [1.54, 1.807) is 24.4 Å². The number of hydrogen-bond acceptors (Lipinski definition) is 5. The second kappa shape index (κ2) is 14.9. The van der Waals surface area contributed by atoms with Crippen LogP contribution in [0.2, 0.25) is 0 Å². The summed E-state index contributed by atoms with van der Waals surface area (Å²) in [5.41, 5.74) is 8.22. The average molecular weight is 640 g/mol. The summed E-state index contributed by atoms with van der Waals surface area (Å²) in [5.74, 6) is -0.663. The Kier molecular flexibility index (Phi) is 11.6. The smallest absolute Gasteiger partial charge is 0.273 e. The Labute approximate surface area is 245 Å². The molecule has 0 aliphatic rings. The number of halogens is 1. The number of hydrogen-bond donors (Lipinski definition) is 2. The van der Waals surface area contributed by atoms with Gasteiger partial charge in [0.15, 0.2) is 0 Å². The standard InChI is InChI=1S/C31H38IN5O2/c1-6-37(7-2)16-15-36(5)21-25-9-8-10-26(18-25)30(38)34-29-14-13-27(32)19-28(29)31(39)35-33-20-24-12-11-22(3)23(4)17-24/h8-14,17-20H,6-7,15-16,21H2,1-5H3,(H,34,38)(H,35,39)/b33-20+. The Bertz CT molecular complexity index is 1320. The van der Waals surface area contributed by atoms with E-state index >= 15 is 0 Å². The maximum atomic E-state index is 13.2. The minimum atomic E-state index is -0.396. The number of anilines is 1. The quantitative estimate of drug-likeness (QED) is 0.152. The van der Waals surface area contributed by atoms with Gasteiger partial charge in [-0.3, -0.25) is 9.59 Å². The highest BCUT2D eigenvalue weighted by Gasteiger charge is 2.16. The normalized spacial score (nSPS) is 11.4. The van der Waals surface area contributed by atoms with Crippen LogP contribution >= 0.6 is 22.6 Å². The Hall–Kier alpha value is -3.08. The van der Waals surface area contributed by atoms with Crippen molar-refractivity contribution >= 4 is 46.3 Å². The third-order valence-corrected chi connectivity index (χ3v) is 7.39. The van der Waals surface area contributed by atoms with Gasteiger partial charge in [0.05, 0.1) is 17.5 Å². The zero-order valence-corrected chi connectivity index (χ0v) is 25.6. The molecule has 0 fully saturated rings. The van der Waals surface area contributed by atoms with E-state index in [1.807, 2.05) is 56.3 Å². The Balaban J connectivity index is 1.67. The number of likely N-dealkylation sites (N-methyl/N-ethyl adjacent to an activating group) is 2. The summed E-state index contributed by atoms with van der Waals surface area (Å²) in [6, 6.07) is 18.9. The Morgan fingerprint density at radius 1 is 0.923 bits per heavy atom. The minimum absolute atomic E-state index is 0.267. The fourth-order valence-corrected chi connectivity index (χ4v) is 4.62. The molecule has 3 rings (SSSR count). The third kappa shape index (κ3) is 9.26. The SMILES string of the molecule is CCN(CC)CCN(C)Cc1cccc(C(=O)Nc2ccc(I)cc2C(=O)N/N=C/c2ccc(C)c(C)c2)c1. The maximum absolute atomic E-state index is 13.2. The number of carbonyl (C=O) groups excluding carboxylic acids is 2. The first-order valence-corrected chi connectivity index (χ1v) is 14.3. The first-order valence-electron chi connectivity index (χ1n) is 13.2. The fraction of sp³-hybridized carbons (Fsp3) is 0.323. The van der Waals surface area contributed by atoms with Gasteiger partial charge in [0.1, 0.15) is 0 Å². The van der Waals surface area contributed by atoms with Crippen molar-refractivity contribution in [2.45, 2.75) is 34.2 Å². The lowest BCUT2D eigenvalue weighted by molar-refractivity contribution is 0.0956. The van der Waals surface area contributed by atoms with Gasteiger partial charge in [0, 0.05) is 28.8 Å². The molecule has 0 unspecified atom stereocenters. The van der Waals surface area contributed by atoms with Crippen molar-refractivity contribution in [2.24, 2.45) is 5.10 Å². The molecule has 2 N–H and O–H groups in total. The van der Waals surface area contributed by atoms with Crippen molar-refractivity contribution in [3.05, 3.63) is 97.6 Å². The van der Waals surface area contributed by atoms with Crippen LogP contribution in [0.3, 0.4) is 0 Å². The summed E-state index contributed by atoms with van der Waals surface area (Å²) in [6.45, 7) is 13.2. The fourth-order valence-electron chi connectivity index (χ4n) is 4.13. The molecule has 7 nitrogen and oxygen atoms in total. The predicted molar refractivity (Wildman–Crippen MR) is 169 cm³/mol. The summed E-state index contributed by atoms with van der Waals surface area (Å²) in [6.07, 6.45) is 1.61. The summed E-state index contributed by atoms with van der Waals surface area (Å²) in [5, 5.41) is 7.04. The average Bonchev–Trinajstić information content (AvgIpc) is 2.92. The topological polar surface area (TPSA) is 77.0 Å². The number of carbonyl (C=O) groups is 2. The first kappa shape index (κ1) is 30.5. The monoisotopic (exact) mass is 639 g/mol. The summed E-state index contributed by atoms with van der Waals surface area (Å²) >= 11 is 2.15. The molecule has 0 saturated carbocycles. The van der Waals surface area contributed by atoms with Gasteiger partial charge in [-0.05, 0) is 109 Å². The summed E-state index contributed by atoms with van der Waals surface area (Å²) < 4.78 is 0.878. The molecule has 0 bridgehead atoms. The van der Waals surface area contributed by atoms with Crippen molar-refractivity contribution in [3.8, 4) is 0 Å². The molecule has 0 radical (unpaired) electrons. The highest BCUT2D eigenvalue weighted by Crippen LogP contribution is 2.20. The number of hydrazone groups is 1. The van der Waals surface area contributed by atoms with Crippen LogP contribution in [0, 0.1) is 17.4 Å². The molecular formula is C31H38IN5O2. The van der Waals surface area contributed by atoms with E-state index in [1.165, 1.54) is 5.56 Å². The van der Waals surface area contributed by atoms with Crippen LogP contribution in [-0.2, 0) is 6.54 Å². The van der Waals surface area contributed by atoms with Gasteiger partial charge in [-0.25, -0.2) is 5.43 Å². The predicted octanol–water partition coefficient (Wildman–Crippen LogP) is 5.70. The van der Waals surface area contributed by atoms with Gasteiger partial charge >= 0.3 is 0 Å². The van der Waals surface area contributed by atoms with Crippen LogP contribution in [0.15, 0.2) is 65.8 Å². The van der Waals surface area contributed by atoms with Gasteiger partial charge in [-0.2, -0.15) is 5.10 Å². The Morgan fingerprint density at radius 2 is 1.69 bits per heavy atom. The Morgan fingerprint density at radius 3 is 2.41 bits per heavy atom. The largest absolute Gasteiger partial charge is 0.321 e. The van der Waals surface area contributed by atoms with Gasteiger partial charge in [-0.15, -0.1) is 0 Å². The van der Waals surface area contributed by atoms with Crippen molar-refractivity contribution in [1.82, 2.24) is 15.2 Å². The second-order valence-corrected chi connectivity index (χ2v) is 10.9.